The van der Waals surface area contributed by atoms with Crippen LogP contribution in [-0.2, 0) is 27.3 Å². The number of aliphatic carboxylic acids is 2. The molecule has 2 aromatic rings. The molecule has 8 heteroatoms. The Balaban J connectivity index is 0.000000568. The fraction of sp³-hybridized carbons (Fsp3) is 0.483. The summed E-state index contributed by atoms with van der Waals surface area (Å²) in [5.41, 5.74) is 2.64. The van der Waals surface area contributed by atoms with Crippen LogP contribution in [0.25, 0.3) is 0 Å². The van der Waals surface area contributed by atoms with Gasteiger partial charge in [-0.05, 0) is 63.1 Å². The number of hydrogen-bond acceptors (Lipinski definition) is 5. The summed E-state index contributed by atoms with van der Waals surface area (Å²) in [5.74, 6) is -1.46. The zero-order chi connectivity index (χ0) is 26.6. The lowest BCUT2D eigenvalue weighted by Gasteiger charge is -2.38. The van der Waals surface area contributed by atoms with Gasteiger partial charge in [-0.1, -0.05) is 48.5 Å². The Bertz CT molecular complexity index is 1010. The summed E-state index contributed by atoms with van der Waals surface area (Å²) in [4.78, 5) is 36.0. The molecule has 0 aromatic heterocycles. The van der Waals surface area contributed by atoms with E-state index in [0.717, 1.165) is 70.6 Å². The molecule has 0 radical (unpaired) electrons. The lowest BCUT2D eigenvalue weighted by molar-refractivity contribution is -0.159. The number of para-hydroxylation sites is 1. The normalized spacial score (nSPS) is 18.4. The van der Waals surface area contributed by atoms with Gasteiger partial charge in [0.1, 0.15) is 5.75 Å². The van der Waals surface area contributed by atoms with Crippen molar-refractivity contribution < 1.29 is 29.3 Å². The van der Waals surface area contributed by atoms with Gasteiger partial charge < -0.3 is 19.8 Å². The van der Waals surface area contributed by atoms with E-state index in [0.29, 0.717) is 18.4 Å². The first-order valence-corrected chi connectivity index (χ1v) is 13.1. The van der Waals surface area contributed by atoms with Gasteiger partial charge in [-0.25, -0.2) is 9.59 Å². The molecule has 0 aliphatic carbocycles. The molecule has 1 amide bonds. The molecular formula is C29H38N2O6. The van der Waals surface area contributed by atoms with Crippen LogP contribution in [0.1, 0.15) is 43.7 Å². The maximum Gasteiger partial charge on any atom is 0.414 e. The SMILES string of the molecule is CCOc1ccccc1CN1CCCC(C(=O)N2CCC(Cc3ccccc3)CC2)C1.O=C(O)C(=O)O. The minimum Gasteiger partial charge on any atom is -0.494 e. The van der Waals surface area contributed by atoms with Crippen LogP contribution in [0.4, 0.5) is 0 Å². The summed E-state index contributed by atoms with van der Waals surface area (Å²) < 4.78 is 5.80. The summed E-state index contributed by atoms with van der Waals surface area (Å²) in [5, 5.41) is 14.8. The van der Waals surface area contributed by atoms with Crippen molar-refractivity contribution in [3.8, 4) is 5.75 Å². The third-order valence-corrected chi connectivity index (χ3v) is 7.00. The molecule has 8 nitrogen and oxygen atoms in total. The van der Waals surface area contributed by atoms with E-state index >= 15 is 0 Å². The van der Waals surface area contributed by atoms with Crippen molar-refractivity contribution in [1.82, 2.24) is 9.80 Å². The zero-order valence-corrected chi connectivity index (χ0v) is 21.6. The number of ether oxygens (including phenoxy) is 1. The molecule has 0 saturated carbocycles. The van der Waals surface area contributed by atoms with Crippen molar-refractivity contribution >= 4 is 17.8 Å². The minimum atomic E-state index is -1.82. The third-order valence-electron chi connectivity index (χ3n) is 7.00. The second-order valence-electron chi connectivity index (χ2n) is 9.68. The Hall–Kier alpha value is -3.39. The Labute approximate surface area is 218 Å². The summed E-state index contributed by atoms with van der Waals surface area (Å²) in [7, 11) is 0. The Morgan fingerprint density at radius 3 is 2.19 bits per heavy atom. The molecule has 2 saturated heterocycles. The first-order valence-electron chi connectivity index (χ1n) is 13.1. The van der Waals surface area contributed by atoms with Crippen LogP contribution >= 0.6 is 0 Å². The van der Waals surface area contributed by atoms with E-state index in [1.165, 1.54) is 11.1 Å². The predicted molar refractivity (Wildman–Crippen MR) is 140 cm³/mol. The lowest BCUT2D eigenvalue weighted by Crippen LogP contribution is -2.47. The highest BCUT2D eigenvalue weighted by atomic mass is 16.5. The summed E-state index contributed by atoms with van der Waals surface area (Å²) in [6.07, 6.45) is 5.50. The van der Waals surface area contributed by atoms with Gasteiger partial charge in [0, 0.05) is 31.7 Å². The summed E-state index contributed by atoms with van der Waals surface area (Å²) >= 11 is 0. The molecule has 0 spiro atoms. The van der Waals surface area contributed by atoms with E-state index in [2.05, 4.69) is 52.3 Å². The van der Waals surface area contributed by atoms with E-state index in [1.54, 1.807) is 0 Å². The maximum atomic E-state index is 13.3. The molecule has 2 aliphatic rings. The van der Waals surface area contributed by atoms with Gasteiger partial charge >= 0.3 is 11.9 Å². The number of likely N-dealkylation sites (tertiary alicyclic amines) is 2. The summed E-state index contributed by atoms with van der Waals surface area (Å²) in [6.45, 7) is 7.32. The molecule has 200 valence electrons. The van der Waals surface area contributed by atoms with Gasteiger partial charge in [-0.2, -0.15) is 0 Å². The molecule has 2 aliphatic heterocycles. The maximum absolute atomic E-state index is 13.3. The van der Waals surface area contributed by atoms with E-state index in [4.69, 9.17) is 24.5 Å². The fourth-order valence-corrected chi connectivity index (χ4v) is 5.14. The van der Waals surface area contributed by atoms with Gasteiger partial charge in [0.2, 0.25) is 5.91 Å². The fourth-order valence-electron chi connectivity index (χ4n) is 5.14. The van der Waals surface area contributed by atoms with Crippen molar-refractivity contribution in [2.24, 2.45) is 11.8 Å². The predicted octanol–water partition coefficient (Wildman–Crippen LogP) is 3.93. The minimum absolute atomic E-state index is 0.138. The molecule has 37 heavy (non-hydrogen) atoms. The number of rotatable bonds is 7. The van der Waals surface area contributed by atoms with Gasteiger partial charge in [-0.15, -0.1) is 0 Å². The second-order valence-corrected chi connectivity index (χ2v) is 9.68. The number of carbonyl (C=O) groups is 3. The van der Waals surface area contributed by atoms with Crippen molar-refractivity contribution in [3.63, 3.8) is 0 Å². The highest BCUT2D eigenvalue weighted by Crippen LogP contribution is 2.27. The summed E-state index contributed by atoms with van der Waals surface area (Å²) in [6, 6.07) is 19.1. The monoisotopic (exact) mass is 510 g/mol. The topological polar surface area (TPSA) is 107 Å². The largest absolute Gasteiger partial charge is 0.494 e. The molecule has 1 atom stereocenters. The average Bonchev–Trinajstić information content (AvgIpc) is 2.91. The molecule has 1 unspecified atom stereocenters. The lowest BCUT2D eigenvalue weighted by atomic mass is 9.89. The van der Waals surface area contributed by atoms with Crippen LogP contribution in [-0.4, -0.2) is 70.6 Å². The molecule has 4 rings (SSSR count). The number of benzene rings is 2. The zero-order valence-electron chi connectivity index (χ0n) is 21.6. The van der Waals surface area contributed by atoms with Crippen molar-refractivity contribution in [2.45, 2.75) is 45.6 Å². The number of carboxylic acid groups (broad SMARTS) is 2. The quantitative estimate of drug-likeness (QED) is 0.544. The number of carbonyl (C=O) groups excluding carboxylic acids is 1. The van der Waals surface area contributed by atoms with Crippen molar-refractivity contribution in [1.29, 1.82) is 0 Å². The van der Waals surface area contributed by atoms with Crippen LogP contribution in [0, 0.1) is 11.8 Å². The highest BCUT2D eigenvalue weighted by Gasteiger charge is 2.31. The van der Waals surface area contributed by atoms with E-state index in [9.17, 15) is 4.79 Å². The first kappa shape index (κ1) is 28.2. The van der Waals surface area contributed by atoms with Gasteiger partial charge in [0.15, 0.2) is 0 Å². The number of amides is 1. The van der Waals surface area contributed by atoms with Gasteiger partial charge in [0.05, 0.1) is 12.5 Å². The smallest absolute Gasteiger partial charge is 0.414 e. The molecule has 0 bridgehead atoms. The average molecular weight is 511 g/mol. The molecule has 2 fully saturated rings. The molecule has 2 heterocycles. The van der Waals surface area contributed by atoms with Gasteiger partial charge in [-0.3, -0.25) is 9.69 Å². The second kappa shape index (κ2) is 14.4. The van der Waals surface area contributed by atoms with Crippen molar-refractivity contribution in [3.05, 3.63) is 65.7 Å². The Kier molecular flexibility index (Phi) is 11.0. The van der Waals surface area contributed by atoms with Crippen LogP contribution in [0.3, 0.4) is 0 Å². The number of carboxylic acids is 2. The van der Waals surface area contributed by atoms with E-state index in [-0.39, 0.29) is 5.92 Å². The number of nitrogens with zero attached hydrogens (tertiary/aromatic N) is 2. The van der Waals surface area contributed by atoms with E-state index < -0.39 is 11.9 Å². The van der Waals surface area contributed by atoms with Gasteiger partial charge in [0.25, 0.3) is 0 Å². The van der Waals surface area contributed by atoms with Crippen LogP contribution in [0.2, 0.25) is 0 Å². The Morgan fingerprint density at radius 1 is 0.892 bits per heavy atom. The molecule has 2 N–H and O–H groups in total. The molecule has 2 aromatic carbocycles. The highest BCUT2D eigenvalue weighted by molar-refractivity contribution is 6.27. The third kappa shape index (κ3) is 8.89. The van der Waals surface area contributed by atoms with E-state index in [1.807, 2.05) is 19.1 Å². The number of hydrogen-bond donors (Lipinski definition) is 2. The molecular weight excluding hydrogens is 472 g/mol. The first-order chi connectivity index (χ1) is 17.9. The standard InChI is InChI=1S/C27H36N2O2.C2H2O4/c1-2-31-26-13-7-6-11-24(26)20-28-16-8-12-25(21-28)27(30)29-17-14-23(15-18-29)19-22-9-4-3-5-10-22;3-1(4)2(5)6/h3-7,9-11,13,23,25H,2,8,12,14-21H2,1H3;(H,3,4)(H,5,6). The van der Waals surface area contributed by atoms with Crippen LogP contribution < -0.4 is 4.74 Å². The van der Waals surface area contributed by atoms with Crippen LogP contribution in [0.5, 0.6) is 5.75 Å². The Morgan fingerprint density at radius 2 is 1.54 bits per heavy atom. The van der Waals surface area contributed by atoms with Crippen molar-refractivity contribution in [2.75, 3.05) is 32.8 Å². The van der Waals surface area contributed by atoms with Crippen LogP contribution in [0.15, 0.2) is 54.6 Å². The number of piperidine rings is 2.